The average molecular weight is 311 g/mol. The highest BCUT2D eigenvalue weighted by atomic mass is 35.5. The summed E-state index contributed by atoms with van der Waals surface area (Å²) in [7, 11) is 0. The van der Waals surface area contributed by atoms with Gasteiger partial charge in [-0.3, -0.25) is 9.59 Å². The number of nitrogens with one attached hydrogen (secondary N) is 2. The quantitative estimate of drug-likeness (QED) is 0.721. The maximum atomic E-state index is 11.7. The number of nitriles is 1. The van der Waals surface area contributed by atoms with E-state index < -0.39 is 11.8 Å². The van der Waals surface area contributed by atoms with E-state index in [4.69, 9.17) is 11.0 Å². The van der Waals surface area contributed by atoms with Crippen molar-refractivity contribution in [3.63, 3.8) is 0 Å². The summed E-state index contributed by atoms with van der Waals surface area (Å²) >= 11 is 0. The molecule has 2 amide bonds. The monoisotopic (exact) mass is 310 g/mol. The summed E-state index contributed by atoms with van der Waals surface area (Å²) < 4.78 is 0. The normalized spacial score (nSPS) is 10.0. The van der Waals surface area contributed by atoms with Gasteiger partial charge in [0.25, 0.3) is 0 Å². The molecule has 21 heavy (non-hydrogen) atoms. The molecule has 0 radical (unpaired) electrons. The fourth-order valence-corrected chi connectivity index (χ4v) is 1.29. The predicted molar refractivity (Wildman–Crippen MR) is 82.9 cm³/mol. The van der Waals surface area contributed by atoms with E-state index in [1.54, 1.807) is 24.3 Å². The molecule has 0 aromatic heterocycles. The molecule has 7 heteroatoms. The lowest BCUT2D eigenvalue weighted by Gasteiger charge is -2.22. The predicted octanol–water partition coefficient (Wildman–Crippen LogP) is 1.02. The van der Waals surface area contributed by atoms with Gasteiger partial charge in [-0.1, -0.05) is 13.8 Å². The van der Waals surface area contributed by atoms with Crippen molar-refractivity contribution in [3.05, 3.63) is 29.8 Å². The van der Waals surface area contributed by atoms with Crippen LogP contribution in [0.4, 0.5) is 5.69 Å². The largest absolute Gasteiger partial charge is 0.347 e. The Hall–Kier alpha value is -2.10. The number of hydrogen-bond donors (Lipinski definition) is 3. The zero-order valence-corrected chi connectivity index (χ0v) is 12.8. The van der Waals surface area contributed by atoms with Crippen molar-refractivity contribution in [1.82, 2.24) is 5.32 Å². The molecule has 6 nitrogen and oxygen atoms in total. The minimum Gasteiger partial charge on any atom is -0.347 e. The van der Waals surface area contributed by atoms with Crippen LogP contribution in [0, 0.1) is 16.7 Å². The number of rotatable bonds is 4. The maximum Gasteiger partial charge on any atom is 0.313 e. The van der Waals surface area contributed by atoms with Gasteiger partial charge < -0.3 is 16.4 Å². The summed E-state index contributed by atoms with van der Waals surface area (Å²) in [5.41, 5.74) is 6.23. The molecule has 0 unspecified atom stereocenters. The van der Waals surface area contributed by atoms with Gasteiger partial charge >= 0.3 is 11.8 Å². The molecule has 0 heterocycles. The maximum absolute atomic E-state index is 11.7. The second-order valence-electron chi connectivity index (χ2n) is 5.19. The van der Waals surface area contributed by atoms with Gasteiger partial charge in [0.1, 0.15) is 0 Å². The number of amides is 2. The highest BCUT2D eigenvalue weighted by molar-refractivity contribution is 6.39. The van der Waals surface area contributed by atoms with E-state index >= 15 is 0 Å². The lowest BCUT2D eigenvalue weighted by Crippen LogP contribution is -2.42. The van der Waals surface area contributed by atoms with Crippen LogP contribution in [0.2, 0.25) is 0 Å². The Morgan fingerprint density at radius 2 is 1.81 bits per heavy atom. The third-order valence-electron chi connectivity index (χ3n) is 2.76. The Bertz CT molecular complexity index is 535. The van der Waals surface area contributed by atoms with Gasteiger partial charge in [-0.05, 0) is 36.2 Å². The average Bonchev–Trinajstić information content (AvgIpc) is 2.45. The molecular formula is C14H19ClN4O2. The van der Waals surface area contributed by atoms with E-state index in [-0.39, 0.29) is 17.8 Å². The highest BCUT2D eigenvalue weighted by Gasteiger charge is 2.20. The molecule has 114 valence electrons. The highest BCUT2D eigenvalue weighted by Crippen LogP contribution is 2.10. The SMILES string of the molecule is CC(C)(CN)CNC(=O)C(=O)Nc1ccc(C#N)cc1.Cl. The Morgan fingerprint density at radius 1 is 1.24 bits per heavy atom. The summed E-state index contributed by atoms with van der Waals surface area (Å²) in [5, 5.41) is 13.6. The minimum absolute atomic E-state index is 0. The Kier molecular flexibility index (Phi) is 7.42. The van der Waals surface area contributed by atoms with Crippen LogP contribution in [0.15, 0.2) is 24.3 Å². The van der Waals surface area contributed by atoms with Crippen molar-refractivity contribution in [2.75, 3.05) is 18.4 Å². The van der Waals surface area contributed by atoms with Crippen LogP contribution in [0.5, 0.6) is 0 Å². The summed E-state index contributed by atoms with van der Waals surface area (Å²) in [6, 6.07) is 8.22. The molecule has 0 aliphatic rings. The van der Waals surface area contributed by atoms with Crippen molar-refractivity contribution in [2.24, 2.45) is 11.1 Å². The first kappa shape index (κ1) is 18.9. The molecule has 0 aliphatic carbocycles. The summed E-state index contributed by atoms with van der Waals surface area (Å²) in [5.74, 6) is -1.46. The second kappa shape index (κ2) is 8.25. The standard InChI is InChI=1S/C14H18N4O2.ClH/c1-14(2,8-16)9-17-12(19)13(20)18-11-5-3-10(7-15)4-6-11;/h3-6H,8-9,16H2,1-2H3,(H,17,19)(H,18,20);1H. The Morgan fingerprint density at radius 3 is 2.29 bits per heavy atom. The minimum atomic E-state index is -0.748. The topological polar surface area (TPSA) is 108 Å². The van der Waals surface area contributed by atoms with Crippen LogP contribution in [0.25, 0.3) is 0 Å². The molecule has 1 aromatic carbocycles. The van der Waals surface area contributed by atoms with Crippen LogP contribution < -0.4 is 16.4 Å². The van der Waals surface area contributed by atoms with E-state index in [1.165, 1.54) is 0 Å². The second-order valence-corrected chi connectivity index (χ2v) is 5.19. The number of hydrogen-bond acceptors (Lipinski definition) is 4. The molecule has 0 bridgehead atoms. The van der Waals surface area contributed by atoms with Crippen LogP contribution in [-0.4, -0.2) is 24.9 Å². The molecular weight excluding hydrogens is 292 g/mol. The first-order valence-electron chi connectivity index (χ1n) is 6.17. The molecule has 4 N–H and O–H groups in total. The van der Waals surface area contributed by atoms with E-state index in [2.05, 4.69) is 10.6 Å². The van der Waals surface area contributed by atoms with E-state index in [0.29, 0.717) is 24.3 Å². The molecule has 1 aromatic rings. The van der Waals surface area contributed by atoms with E-state index in [1.807, 2.05) is 19.9 Å². The van der Waals surface area contributed by atoms with E-state index in [9.17, 15) is 9.59 Å². The fourth-order valence-electron chi connectivity index (χ4n) is 1.29. The van der Waals surface area contributed by atoms with Crippen LogP contribution >= 0.6 is 12.4 Å². The lowest BCUT2D eigenvalue weighted by atomic mass is 9.94. The van der Waals surface area contributed by atoms with Crippen molar-refractivity contribution < 1.29 is 9.59 Å². The van der Waals surface area contributed by atoms with Gasteiger partial charge in [0, 0.05) is 12.2 Å². The number of nitrogens with zero attached hydrogens (tertiary/aromatic N) is 1. The number of carbonyl (C=O) groups is 2. The Labute approximate surface area is 130 Å². The van der Waals surface area contributed by atoms with Gasteiger partial charge in [-0.15, -0.1) is 12.4 Å². The molecule has 0 spiro atoms. The fraction of sp³-hybridized carbons (Fsp3) is 0.357. The molecule has 0 fully saturated rings. The Balaban J connectivity index is 0.00000400. The summed E-state index contributed by atoms with van der Waals surface area (Å²) in [6.07, 6.45) is 0. The van der Waals surface area contributed by atoms with Crippen LogP contribution in [0.3, 0.4) is 0 Å². The molecule has 1 rings (SSSR count). The number of halogens is 1. The number of carbonyl (C=O) groups excluding carboxylic acids is 2. The lowest BCUT2D eigenvalue weighted by molar-refractivity contribution is -0.136. The van der Waals surface area contributed by atoms with Gasteiger partial charge in [0.15, 0.2) is 0 Å². The third kappa shape index (κ3) is 6.25. The number of nitrogens with two attached hydrogens (primary N) is 1. The van der Waals surface area contributed by atoms with Crippen molar-refractivity contribution in [2.45, 2.75) is 13.8 Å². The molecule has 0 saturated heterocycles. The summed E-state index contributed by atoms with van der Waals surface area (Å²) in [6.45, 7) is 4.52. The first-order chi connectivity index (χ1) is 9.38. The van der Waals surface area contributed by atoms with Crippen LogP contribution in [0.1, 0.15) is 19.4 Å². The molecule has 0 aliphatic heterocycles. The third-order valence-corrected chi connectivity index (χ3v) is 2.76. The van der Waals surface area contributed by atoms with Gasteiger partial charge in [-0.25, -0.2) is 0 Å². The smallest absolute Gasteiger partial charge is 0.313 e. The zero-order chi connectivity index (χ0) is 15.2. The number of anilines is 1. The van der Waals surface area contributed by atoms with Gasteiger partial charge in [0.05, 0.1) is 11.6 Å². The zero-order valence-electron chi connectivity index (χ0n) is 12.0. The number of benzene rings is 1. The van der Waals surface area contributed by atoms with Gasteiger partial charge in [-0.2, -0.15) is 5.26 Å². The van der Waals surface area contributed by atoms with Crippen molar-refractivity contribution in [1.29, 1.82) is 5.26 Å². The first-order valence-corrected chi connectivity index (χ1v) is 6.17. The van der Waals surface area contributed by atoms with Gasteiger partial charge in [0.2, 0.25) is 0 Å². The summed E-state index contributed by atoms with van der Waals surface area (Å²) in [4.78, 5) is 23.3. The molecule has 0 saturated carbocycles. The van der Waals surface area contributed by atoms with Crippen molar-refractivity contribution in [3.8, 4) is 6.07 Å². The molecule has 0 atom stereocenters. The van der Waals surface area contributed by atoms with E-state index in [0.717, 1.165) is 0 Å². The van der Waals surface area contributed by atoms with Crippen LogP contribution in [-0.2, 0) is 9.59 Å². The van der Waals surface area contributed by atoms with Crippen molar-refractivity contribution >= 4 is 29.9 Å².